The zero-order valence-corrected chi connectivity index (χ0v) is 14.2. The Hall–Kier alpha value is -1.55. The van der Waals surface area contributed by atoms with Gasteiger partial charge in [0.1, 0.15) is 5.72 Å². The van der Waals surface area contributed by atoms with Crippen molar-refractivity contribution in [1.82, 2.24) is 4.90 Å². The molecule has 1 aromatic carbocycles. The second-order valence-electron chi connectivity index (χ2n) is 5.88. The fourth-order valence-corrected chi connectivity index (χ4v) is 3.18. The molecule has 1 saturated heterocycles. The van der Waals surface area contributed by atoms with Gasteiger partial charge >= 0.3 is 6.03 Å². The number of hydrogen-bond donors (Lipinski definition) is 1. The van der Waals surface area contributed by atoms with Crippen molar-refractivity contribution in [3.05, 3.63) is 29.8 Å². The van der Waals surface area contributed by atoms with Crippen LogP contribution in [0.2, 0.25) is 0 Å². The summed E-state index contributed by atoms with van der Waals surface area (Å²) in [5.41, 5.74) is 1.64. The minimum atomic E-state index is -0.464. The molecule has 0 saturated carbocycles. The zero-order chi connectivity index (χ0) is 16.2. The summed E-state index contributed by atoms with van der Waals surface area (Å²) in [7, 11) is 0. The normalized spacial score (nSPS) is 20.2. The van der Waals surface area contributed by atoms with E-state index >= 15 is 0 Å². The third-order valence-electron chi connectivity index (χ3n) is 4.76. The van der Waals surface area contributed by atoms with Crippen LogP contribution < -0.4 is 5.32 Å². The topological polar surface area (TPSA) is 41.6 Å². The van der Waals surface area contributed by atoms with Crippen molar-refractivity contribution in [1.29, 1.82) is 0 Å². The summed E-state index contributed by atoms with van der Waals surface area (Å²) in [4.78, 5) is 14.7. The van der Waals surface area contributed by atoms with Crippen molar-refractivity contribution in [2.45, 2.75) is 65.1 Å². The lowest BCUT2D eigenvalue weighted by molar-refractivity contribution is -0.0684. The van der Waals surface area contributed by atoms with Gasteiger partial charge in [0.2, 0.25) is 0 Å². The second kappa shape index (κ2) is 7.14. The van der Waals surface area contributed by atoms with E-state index in [9.17, 15) is 4.79 Å². The van der Waals surface area contributed by atoms with Crippen LogP contribution in [-0.4, -0.2) is 29.3 Å². The molecule has 4 heteroatoms. The van der Waals surface area contributed by atoms with E-state index in [1.54, 1.807) is 0 Å². The highest BCUT2D eigenvalue weighted by molar-refractivity contribution is 5.90. The molecule has 0 aromatic heterocycles. The average Bonchev–Trinajstić information content (AvgIpc) is 2.94. The maximum absolute atomic E-state index is 12.8. The molecule has 1 aliphatic heterocycles. The summed E-state index contributed by atoms with van der Waals surface area (Å²) < 4.78 is 6.02. The molecular formula is C18H28N2O2. The Bertz CT molecular complexity index is 494. The van der Waals surface area contributed by atoms with E-state index < -0.39 is 5.72 Å². The van der Waals surface area contributed by atoms with Crippen molar-refractivity contribution < 1.29 is 9.53 Å². The van der Waals surface area contributed by atoms with E-state index in [4.69, 9.17) is 4.74 Å². The highest BCUT2D eigenvalue weighted by Gasteiger charge is 2.47. The molecule has 0 spiro atoms. The van der Waals surface area contributed by atoms with Gasteiger partial charge in [-0.2, -0.15) is 0 Å². The van der Waals surface area contributed by atoms with Crippen molar-refractivity contribution in [3.8, 4) is 0 Å². The van der Waals surface area contributed by atoms with Crippen LogP contribution in [0.5, 0.6) is 0 Å². The lowest BCUT2D eigenvalue weighted by Gasteiger charge is -2.38. The highest BCUT2D eigenvalue weighted by atomic mass is 16.5. The lowest BCUT2D eigenvalue weighted by Crippen LogP contribution is -2.52. The minimum absolute atomic E-state index is 0.0581. The molecule has 1 atom stereocenters. The van der Waals surface area contributed by atoms with E-state index in [1.165, 1.54) is 5.56 Å². The van der Waals surface area contributed by atoms with Crippen LogP contribution in [0.25, 0.3) is 0 Å². The maximum Gasteiger partial charge on any atom is 0.324 e. The van der Waals surface area contributed by atoms with Gasteiger partial charge in [0, 0.05) is 5.69 Å². The number of ether oxygens (including phenoxy) is 1. The Kier molecular flexibility index (Phi) is 5.46. The number of carbonyl (C=O) groups is 1. The van der Waals surface area contributed by atoms with Crippen LogP contribution in [0.3, 0.4) is 0 Å². The molecule has 122 valence electrons. The molecule has 0 radical (unpaired) electrons. The van der Waals surface area contributed by atoms with Crippen molar-refractivity contribution in [2.75, 3.05) is 11.9 Å². The van der Waals surface area contributed by atoms with E-state index in [0.29, 0.717) is 6.61 Å². The first-order valence-corrected chi connectivity index (χ1v) is 8.43. The molecule has 1 unspecified atom stereocenters. The number of carbonyl (C=O) groups excluding carboxylic acids is 1. The number of anilines is 1. The van der Waals surface area contributed by atoms with Crippen LogP contribution in [0.1, 0.15) is 52.5 Å². The molecule has 4 nitrogen and oxygen atoms in total. The number of amides is 2. The van der Waals surface area contributed by atoms with Gasteiger partial charge in [0.25, 0.3) is 0 Å². The first-order chi connectivity index (χ1) is 10.6. The fraction of sp³-hybridized carbons (Fsp3) is 0.611. The Balaban J connectivity index is 2.17. The van der Waals surface area contributed by atoms with Crippen LogP contribution >= 0.6 is 0 Å². The van der Waals surface area contributed by atoms with Gasteiger partial charge in [-0.05, 0) is 43.4 Å². The van der Waals surface area contributed by atoms with Crippen molar-refractivity contribution >= 4 is 11.7 Å². The Labute approximate surface area is 133 Å². The molecule has 1 aliphatic rings. The smallest absolute Gasteiger partial charge is 0.324 e. The third-order valence-corrected chi connectivity index (χ3v) is 4.76. The molecule has 0 bridgehead atoms. The van der Waals surface area contributed by atoms with Gasteiger partial charge < -0.3 is 10.1 Å². The summed E-state index contributed by atoms with van der Waals surface area (Å²) in [6.07, 6.45) is 3.52. The molecule has 2 rings (SSSR count). The lowest BCUT2D eigenvalue weighted by atomic mass is 10.0. The third kappa shape index (κ3) is 3.12. The van der Waals surface area contributed by atoms with E-state index in [2.05, 4.69) is 45.1 Å². The van der Waals surface area contributed by atoms with Crippen LogP contribution in [0.4, 0.5) is 10.5 Å². The first-order valence-electron chi connectivity index (χ1n) is 8.43. The van der Waals surface area contributed by atoms with Gasteiger partial charge in [-0.1, -0.05) is 39.8 Å². The molecule has 1 aromatic rings. The van der Waals surface area contributed by atoms with Crippen molar-refractivity contribution in [3.63, 3.8) is 0 Å². The molecule has 0 aliphatic carbocycles. The standard InChI is InChI=1S/C18H28N2O2/c1-5-14-9-11-15(12-10-14)19-17(21)20-16(6-2)13-22-18(20,7-3)8-4/h9-12,16H,5-8,13H2,1-4H3,(H,19,21). The summed E-state index contributed by atoms with van der Waals surface area (Å²) >= 11 is 0. The molecule has 1 heterocycles. The summed E-state index contributed by atoms with van der Waals surface area (Å²) in [6.45, 7) is 9.01. The quantitative estimate of drug-likeness (QED) is 0.875. The number of hydrogen-bond acceptors (Lipinski definition) is 2. The van der Waals surface area contributed by atoms with Crippen LogP contribution in [-0.2, 0) is 11.2 Å². The minimum Gasteiger partial charge on any atom is -0.353 e. The predicted molar refractivity (Wildman–Crippen MR) is 90.0 cm³/mol. The number of nitrogens with one attached hydrogen (secondary N) is 1. The van der Waals surface area contributed by atoms with Gasteiger partial charge in [-0.3, -0.25) is 4.90 Å². The number of benzene rings is 1. The van der Waals surface area contributed by atoms with Crippen LogP contribution in [0.15, 0.2) is 24.3 Å². The van der Waals surface area contributed by atoms with Gasteiger partial charge in [0.05, 0.1) is 12.6 Å². The molecule has 2 amide bonds. The Morgan fingerprint density at radius 1 is 1.23 bits per heavy atom. The number of urea groups is 1. The largest absolute Gasteiger partial charge is 0.353 e. The number of aryl methyl sites for hydroxylation is 1. The Morgan fingerprint density at radius 3 is 2.36 bits per heavy atom. The maximum atomic E-state index is 12.8. The second-order valence-corrected chi connectivity index (χ2v) is 5.88. The average molecular weight is 304 g/mol. The van der Waals surface area contributed by atoms with Gasteiger partial charge in [-0.15, -0.1) is 0 Å². The summed E-state index contributed by atoms with van der Waals surface area (Å²) in [5.74, 6) is 0. The Morgan fingerprint density at radius 2 is 1.86 bits per heavy atom. The van der Waals surface area contributed by atoms with Crippen molar-refractivity contribution in [2.24, 2.45) is 0 Å². The highest BCUT2D eigenvalue weighted by Crippen LogP contribution is 2.35. The monoisotopic (exact) mass is 304 g/mol. The fourth-order valence-electron chi connectivity index (χ4n) is 3.18. The van der Waals surface area contributed by atoms with E-state index in [0.717, 1.165) is 31.4 Å². The number of rotatable bonds is 5. The van der Waals surface area contributed by atoms with E-state index in [1.807, 2.05) is 17.0 Å². The zero-order valence-electron chi connectivity index (χ0n) is 14.2. The van der Waals surface area contributed by atoms with Crippen LogP contribution in [0, 0.1) is 0 Å². The molecular weight excluding hydrogens is 276 g/mol. The summed E-state index contributed by atoms with van der Waals surface area (Å²) in [6, 6.07) is 8.13. The molecule has 1 N–H and O–H groups in total. The predicted octanol–water partition coefficient (Wildman–Crippen LogP) is 4.41. The van der Waals surface area contributed by atoms with Gasteiger partial charge in [-0.25, -0.2) is 4.79 Å². The molecule has 1 fully saturated rings. The number of nitrogens with zero attached hydrogens (tertiary/aromatic N) is 1. The molecule has 22 heavy (non-hydrogen) atoms. The SMILES string of the molecule is CCc1ccc(NC(=O)N2C(CC)COC2(CC)CC)cc1. The first kappa shape index (κ1) is 16.8. The summed E-state index contributed by atoms with van der Waals surface area (Å²) in [5, 5.41) is 3.03. The van der Waals surface area contributed by atoms with E-state index in [-0.39, 0.29) is 12.1 Å². The van der Waals surface area contributed by atoms with Gasteiger partial charge in [0.15, 0.2) is 0 Å².